The summed E-state index contributed by atoms with van der Waals surface area (Å²) in [6.07, 6.45) is 13.6. The van der Waals surface area contributed by atoms with Crippen molar-refractivity contribution in [3.8, 4) is 0 Å². The molecule has 4 nitrogen and oxygen atoms in total. The minimum atomic E-state index is -1.27. The molecule has 4 heteroatoms. The van der Waals surface area contributed by atoms with Crippen molar-refractivity contribution in [3.05, 3.63) is 47.6 Å². The molecular formula is C28H44O4. The zero-order valence-corrected chi connectivity index (χ0v) is 20.6. The van der Waals surface area contributed by atoms with Crippen molar-refractivity contribution in [3.63, 3.8) is 0 Å². The Balaban J connectivity index is 1.80. The van der Waals surface area contributed by atoms with E-state index in [1.165, 1.54) is 12.0 Å². The third-order valence-electron chi connectivity index (χ3n) is 8.95. The van der Waals surface area contributed by atoms with Crippen molar-refractivity contribution >= 4 is 0 Å². The van der Waals surface area contributed by atoms with Gasteiger partial charge in [-0.1, -0.05) is 50.3 Å². The number of hydrogen-bond donors (Lipinski definition) is 4. The maximum absolute atomic E-state index is 10.6. The van der Waals surface area contributed by atoms with E-state index in [4.69, 9.17) is 0 Å². The molecule has 3 aliphatic rings. The molecule has 0 bridgehead atoms. The van der Waals surface area contributed by atoms with E-state index in [2.05, 4.69) is 32.6 Å². The van der Waals surface area contributed by atoms with Crippen molar-refractivity contribution < 1.29 is 20.4 Å². The SMILES string of the molecule is C=C1CC[C@H](O)[C@@H](O)C1=C/C=C1\CCC[C@@]2(C)[C@@H]1CC[C@@H]2[C@H](C)/C=C/[C@](C)(O)C(C)(C)O. The summed E-state index contributed by atoms with van der Waals surface area (Å²) in [6, 6.07) is 0. The summed E-state index contributed by atoms with van der Waals surface area (Å²) >= 11 is 0. The van der Waals surface area contributed by atoms with Crippen molar-refractivity contribution in [1.29, 1.82) is 0 Å². The highest BCUT2D eigenvalue weighted by Crippen LogP contribution is 2.59. The molecule has 180 valence electrons. The average molecular weight is 445 g/mol. The summed E-state index contributed by atoms with van der Waals surface area (Å²) < 4.78 is 0. The lowest BCUT2D eigenvalue weighted by Gasteiger charge is -2.44. The van der Waals surface area contributed by atoms with Gasteiger partial charge in [-0.2, -0.15) is 0 Å². The molecule has 0 aliphatic heterocycles. The Labute approximate surface area is 194 Å². The maximum Gasteiger partial charge on any atom is 0.108 e. The van der Waals surface area contributed by atoms with Gasteiger partial charge in [0.15, 0.2) is 0 Å². The van der Waals surface area contributed by atoms with Crippen LogP contribution >= 0.6 is 0 Å². The van der Waals surface area contributed by atoms with Crippen LogP contribution in [0, 0.1) is 23.2 Å². The summed E-state index contributed by atoms with van der Waals surface area (Å²) in [5.41, 5.74) is 0.907. The maximum atomic E-state index is 10.6. The van der Waals surface area contributed by atoms with Crippen LogP contribution < -0.4 is 0 Å². The van der Waals surface area contributed by atoms with Crippen molar-refractivity contribution in [2.75, 3.05) is 0 Å². The van der Waals surface area contributed by atoms with Gasteiger partial charge in [0.1, 0.15) is 11.7 Å². The largest absolute Gasteiger partial charge is 0.390 e. The van der Waals surface area contributed by atoms with Crippen molar-refractivity contribution in [2.45, 2.75) is 103 Å². The summed E-state index contributed by atoms with van der Waals surface area (Å²) in [5, 5.41) is 41.4. The summed E-state index contributed by atoms with van der Waals surface area (Å²) in [7, 11) is 0. The Morgan fingerprint density at radius 3 is 2.41 bits per heavy atom. The zero-order valence-electron chi connectivity index (χ0n) is 20.6. The van der Waals surface area contributed by atoms with Gasteiger partial charge in [0.25, 0.3) is 0 Å². The number of rotatable bonds is 5. The van der Waals surface area contributed by atoms with Crippen LogP contribution in [0.15, 0.2) is 47.6 Å². The Hall–Kier alpha value is -1.20. The Morgan fingerprint density at radius 2 is 1.75 bits per heavy atom. The van der Waals surface area contributed by atoms with Gasteiger partial charge in [0, 0.05) is 0 Å². The van der Waals surface area contributed by atoms with Crippen LogP contribution in [-0.2, 0) is 0 Å². The molecule has 0 radical (unpaired) electrons. The topological polar surface area (TPSA) is 80.9 Å². The molecule has 0 saturated heterocycles. The first kappa shape index (κ1) is 25.4. The number of aliphatic hydroxyl groups excluding tert-OH is 2. The van der Waals surface area contributed by atoms with Crippen LogP contribution in [0.1, 0.15) is 79.6 Å². The molecule has 3 fully saturated rings. The highest BCUT2D eigenvalue weighted by atomic mass is 16.4. The standard InChI is InChI=1S/C28H44O4/c1-18-9-14-24(29)25(30)21(18)11-10-20-8-7-16-27(5)22(12-13-23(20)27)19(2)15-17-28(6,32)26(3,4)31/h10-11,15,17,19,22-25,29-32H,1,7-9,12-14,16H2,2-6H3/b17-15+,20-10+,21-11?/t19-,22-,23-,24+,25+,27-,28+/m1/s1. The van der Waals surface area contributed by atoms with Gasteiger partial charge in [-0.3, -0.25) is 0 Å². The third kappa shape index (κ3) is 4.84. The van der Waals surface area contributed by atoms with E-state index in [1.54, 1.807) is 26.8 Å². The fourth-order valence-electron chi connectivity index (χ4n) is 6.27. The van der Waals surface area contributed by atoms with Crippen LogP contribution in [0.5, 0.6) is 0 Å². The fourth-order valence-corrected chi connectivity index (χ4v) is 6.27. The molecule has 3 aliphatic carbocycles. The lowest BCUT2D eigenvalue weighted by Crippen LogP contribution is -2.46. The van der Waals surface area contributed by atoms with Gasteiger partial charge in [0.05, 0.1) is 11.7 Å². The molecule has 0 aromatic carbocycles. The van der Waals surface area contributed by atoms with E-state index in [0.29, 0.717) is 24.2 Å². The van der Waals surface area contributed by atoms with Crippen LogP contribution in [-0.4, -0.2) is 43.8 Å². The molecule has 3 saturated carbocycles. The number of allylic oxidation sites excluding steroid dienone is 4. The highest BCUT2D eigenvalue weighted by molar-refractivity contribution is 5.39. The average Bonchev–Trinajstić information content (AvgIpc) is 3.06. The lowest BCUT2D eigenvalue weighted by atomic mass is 9.61. The molecule has 7 atom stereocenters. The predicted molar refractivity (Wildman–Crippen MR) is 130 cm³/mol. The second-order valence-corrected chi connectivity index (χ2v) is 11.5. The molecule has 0 aromatic rings. The first-order valence-corrected chi connectivity index (χ1v) is 12.4. The Kier molecular flexibility index (Phi) is 7.32. The summed E-state index contributed by atoms with van der Waals surface area (Å²) in [5.74, 6) is 1.35. The molecule has 0 amide bonds. The van der Waals surface area contributed by atoms with Crippen molar-refractivity contribution in [2.24, 2.45) is 23.2 Å². The fraction of sp³-hybridized carbons (Fsp3) is 0.714. The molecular weight excluding hydrogens is 400 g/mol. The molecule has 0 spiro atoms. The second kappa shape index (κ2) is 9.21. The highest BCUT2D eigenvalue weighted by Gasteiger charge is 2.50. The van der Waals surface area contributed by atoms with Gasteiger partial charge in [0.2, 0.25) is 0 Å². The minimum absolute atomic E-state index is 0.203. The van der Waals surface area contributed by atoms with E-state index >= 15 is 0 Å². The van der Waals surface area contributed by atoms with Crippen molar-refractivity contribution in [1.82, 2.24) is 0 Å². The Bertz CT molecular complexity index is 797. The zero-order chi connectivity index (χ0) is 23.9. The third-order valence-corrected chi connectivity index (χ3v) is 8.95. The number of hydrogen-bond acceptors (Lipinski definition) is 4. The van der Waals surface area contributed by atoms with Crippen LogP contribution in [0.3, 0.4) is 0 Å². The molecule has 0 aromatic heterocycles. The predicted octanol–water partition coefficient (Wildman–Crippen LogP) is 4.84. The Morgan fingerprint density at radius 1 is 1.06 bits per heavy atom. The molecule has 32 heavy (non-hydrogen) atoms. The summed E-state index contributed by atoms with van der Waals surface area (Å²) in [6.45, 7) is 13.7. The van der Waals surface area contributed by atoms with Gasteiger partial charge in [-0.15, -0.1) is 0 Å². The van der Waals surface area contributed by atoms with E-state index in [9.17, 15) is 20.4 Å². The van der Waals surface area contributed by atoms with E-state index < -0.39 is 23.4 Å². The van der Waals surface area contributed by atoms with Crippen LogP contribution in [0.25, 0.3) is 0 Å². The monoisotopic (exact) mass is 444 g/mol. The molecule has 0 unspecified atom stereocenters. The van der Waals surface area contributed by atoms with Gasteiger partial charge in [-0.25, -0.2) is 0 Å². The van der Waals surface area contributed by atoms with Gasteiger partial charge >= 0.3 is 0 Å². The normalized spacial score (nSPS) is 39.5. The van der Waals surface area contributed by atoms with Gasteiger partial charge < -0.3 is 20.4 Å². The molecule has 4 N–H and O–H groups in total. The molecule has 3 rings (SSSR count). The van der Waals surface area contributed by atoms with Crippen LogP contribution in [0.4, 0.5) is 0 Å². The second-order valence-electron chi connectivity index (χ2n) is 11.5. The van der Waals surface area contributed by atoms with E-state index in [0.717, 1.165) is 43.3 Å². The number of fused-ring (bicyclic) bond motifs is 1. The van der Waals surface area contributed by atoms with Crippen LogP contribution in [0.2, 0.25) is 0 Å². The first-order chi connectivity index (χ1) is 14.8. The van der Waals surface area contributed by atoms with E-state index in [1.807, 2.05) is 6.08 Å². The minimum Gasteiger partial charge on any atom is -0.390 e. The van der Waals surface area contributed by atoms with Gasteiger partial charge in [-0.05, 0) is 100 Å². The molecule has 0 heterocycles. The quantitative estimate of drug-likeness (QED) is 0.457. The summed E-state index contributed by atoms with van der Waals surface area (Å²) in [4.78, 5) is 0. The van der Waals surface area contributed by atoms with E-state index in [-0.39, 0.29) is 5.41 Å². The smallest absolute Gasteiger partial charge is 0.108 e. The number of aliphatic hydroxyl groups is 4. The lowest BCUT2D eigenvalue weighted by molar-refractivity contribution is -0.0886. The first-order valence-electron chi connectivity index (χ1n) is 12.4.